The molecule has 0 aromatic carbocycles. The molecule has 0 spiro atoms. The van der Waals surface area contributed by atoms with E-state index in [9.17, 15) is 5.11 Å². The second-order valence-electron chi connectivity index (χ2n) is 4.25. The topological polar surface area (TPSA) is 32.3 Å². The number of nitrogens with one attached hydrogen (secondary N) is 1. The van der Waals surface area contributed by atoms with Crippen molar-refractivity contribution in [3.05, 3.63) is 11.6 Å². The van der Waals surface area contributed by atoms with E-state index in [4.69, 9.17) is 0 Å². The summed E-state index contributed by atoms with van der Waals surface area (Å²) in [4.78, 5) is 0. The maximum atomic E-state index is 10.0. The summed E-state index contributed by atoms with van der Waals surface area (Å²) in [6.45, 7) is 2.03. The van der Waals surface area contributed by atoms with Crippen LogP contribution in [0.15, 0.2) is 11.6 Å². The Labute approximate surface area is 87.4 Å². The van der Waals surface area contributed by atoms with Gasteiger partial charge in [0.1, 0.15) is 0 Å². The van der Waals surface area contributed by atoms with Gasteiger partial charge in [-0.05, 0) is 45.2 Å². The van der Waals surface area contributed by atoms with Gasteiger partial charge < -0.3 is 10.4 Å². The monoisotopic (exact) mass is 197 g/mol. The molecule has 0 aromatic rings. The SMILES string of the molecule is CN[C@@H](C)C(O)/C1=C/CCCCCC1. The molecule has 1 unspecified atom stereocenters. The average Bonchev–Trinajstić information content (AvgIpc) is 2.15. The van der Waals surface area contributed by atoms with Crippen molar-refractivity contribution < 1.29 is 5.11 Å². The van der Waals surface area contributed by atoms with Crippen LogP contribution in [0.3, 0.4) is 0 Å². The highest BCUT2D eigenvalue weighted by Gasteiger charge is 2.17. The number of likely N-dealkylation sites (N-methyl/N-ethyl adjacent to an activating group) is 1. The van der Waals surface area contributed by atoms with Gasteiger partial charge in [-0.3, -0.25) is 0 Å². The van der Waals surface area contributed by atoms with Crippen LogP contribution in [-0.4, -0.2) is 24.3 Å². The van der Waals surface area contributed by atoms with Gasteiger partial charge in [0, 0.05) is 6.04 Å². The van der Waals surface area contributed by atoms with Crippen LogP contribution in [-0.2, 0) is 0 Å². The second-order valence-corrected chi connectivity index (χ2v) is 4.25. The number of hydrogen-bond donors (Lipinski definition) is 2. The van der Waals surface area contributed by atoms with Gasteiger partial charge in [-0.25, -0.2) is 0 Å². The molecule has 0 aliphatic heterocycles. The van der Waals surface area contributed by atoms with Gasteiger partial charge in [-0.2, -0.15) is 0 Å². The lowest BCUT2D eigenvalue weighted by Gasteiger charge is -2.22. The Balaban J connectivity index is 2.53. The first-order chi connectivity index (χ1) is 6.75. The van der Waals surface area contributed by atoms with E-state index < -0.39 is 0 Å². The lowest BCUT2D eigenvalue weighted by atomic mass is 9.93. The summed E-state index contributed by atoms with van der Waals surface area (Å²) in [5, 5.41) is 13.1. The summed E-state index contributed by atoms with van der Waals surface area (Å²) in [6.07, 6.45) is 9.36. The fourth-order valence-electron chi connectivity index (χ4n) is 1.96. The van der Waals surface area contributed by atoms with Gasteiger partial charge in [0.2, 0.25) is 0 Å². The molecule has 0 fully saturated rings. The van der Waals surface area contributed by atoms with Gasteiger partial charge >= 0.3 is 0 Å². The zero-order valence-corrected chi connectivity index (χ0v) is 9.42. The molecule has 0 heterocycles. The summed E-state index contributed by atoms with van der Waals surface area (Å²) < 4.78 is 0. The second kappa shape index (κ2) is 6.20. The quantitative estimate of drug-likeness (QED) is 0.680. The van der Waals surface area contributed by atoms with Crippen LogP contribution in [0.2, 0.25) is 0 Å². The molecule has 1 rings (SSSR count). The predicted molar refractivity (Wildman–Crippen MR) is 60.3 cm³/mol. The standard InChI is InChI=1S/C12H23NO/c1-10(13-2)12(14)11-8-6-4-3-5-7-9-11/h8,10,12-14H,3-7,9H2,1-2H3/b11-8+/t10-,12?/m0/s1. The van der Waals surface area contributed by atoms with E-state index in [1.54, 1.807) is 0 Å². The Kier molecular flexibility index (Phi) is 5.20. The van der Waals surface area contributed by atoms with Gasteiger partial charge in [0.15, 0.2) is 0 Å². The Morgan fingerprint density at radius 2 is 2.00 bits per heavy atom. The molecule has 1 aliphatic rings. The maximum absolute atomic E-state index is 10.0. The van der Waals surface area contributed by atoms with E-state index in [0.717, 1.165) is 12.8 Å². The third kappa shape index (κ3) is 3.43. The molecule has 2 atom stereocenters. The fraction of sp³-hybridized carbons (Fsp3) is 0.833. The molecule has 0 aromatic heterocycles. The van der Waals surface area contributed by atoms with Crippen molar-refractivity contribution >= 4 is 0 Å². The van der Waals surface area contributed by atoms with Crippen molar-refractivity contribution in [3.63, 3.8) is 0 Å². The van der Waals surface area contributed by atoms with Crippen molar-refractivity contribution in [2.75, 3.05) is 7.05 Å². The first-order valence-corrected chi connectivity index (χ1v) is 5.80. The summed E-state index contributed by atoms with van der Waals surface area (Å²) in [5.41, 5.74) is 1.24. The molecule has 0 bridgehead atoms. The highest BCUT2D eigenvalue weighted by atomic mass is 16.3. The third-order valence-electron chi connectivity index (χ3n) is 3.13. The van der Waals surface area contributed by atoms with Crippen LogP contribution >= 0.6 is 0 Å². The van der Waals surface area contributed by atoms with Crippen LogP contribution in [0.4, 0.5) is 0 Å². The minimum Gasteiger partial charge on any atom is -0.387 e. The molecule has 1 aliphatic carbocycles. The molecule has 0 radical (unpaired) electrons. The van der Waals surface area contributed by atoms with Gasteiger partial charge in [0.25, 0.3) is 0 Å². The normalized spacial score (nSPS) is 26.9. The lowest BCUT2D eigenvalue weighted by Crippen LogP contribution is -2.36. The van der Waals surface area contributed by atoms with Crippen LogP contribution in [0, 0.1) is 0 Å². The average molecular weight is 197 g/mol. The molecule has 2 heteroatoms. The van der Waals surface area contributed by atoms with Crippen molar-refractivity contribution in [2.45, 2.75) is 57.6 Å². The third-order valence-corrected chi connectivity index (χ3v) is 3.13. The van der Waals surface area contributed by atoms with E-state index in [0.29, 0.717) is 0 Å². The molecular weight excluding hydrogens is 174 g/mol. The van der Waals surface area contributed by atoms with E-state index in [-0.39, 0.29) is 12.1 Å². The number of aliphatic hydroxyl groups is 1. The highest BCUT2D eigenvalue weighted by Crippen LogP contribution is 2.20. The molecule has 14 heavy (non-hydrogen) atoms. The lowest BCUT2D eigenvalue weighted by molar-refractivity contribution is 0.167. The van der Waals surface area contributed by atoms with Crippen LogP contribution in [0.5, 0.6) is 0 Å². The molecule has 0 saturated carbocycles. The van der Waals surface area contributed by atoms with E-state index >= 15 is 0 Å². The van der Waals surface area contributed by atoms with Crippen LogP contribution in [0.1, 0.15) is 45.4 Å². The Morgan fingerprint density at radius 3 is 2.71 bits per heavy atom. The zero-order valence-electron chi connectivity index (χ0n) is 9.42. The number of hydrogen-bond acceptors (Lipinski definition) is 2. The van der Waals surface area contributed by atoms with Crippen molar-refractivity contribution in [1.29, 1.82) is 0 Å². The first-order valence-electron chi connectivity index (χ1n) is 5.80. The molecule has 0 amide bonds. The Hall–Kier alpha value is -0.340. The number of allylic oxidation sites excluding steroid dienone is 1. The summed E-state index contributed by atoms with van der Waals surface area (Å²) >= 11 is 0. The van der Waals surface area contributed by atoms with Crippen molar-refractivity contribution in [2.24, 2.45) is 0 Å². The Bertz CT molecular complexity index is 189. The molecule has 0 saturated heterocycles. The largest absolute Gasteiger partial charge is 0.387 e. The molecular formula is C12H23NO. The highest BCUT2D eigenvalue weighted by molar-refractivity contribution is 5.11. The predicted octanol–water partition coefficient (Wildman–Crippen LogP) is 2.24. The molecule has 2 N–H and O–H groups in total. The van der Waals surface area contributed by atoms with Crippen LogP contribution < -0.4 is 5.32 Å². The summed E-state index contributed by atoms with van der Waals surface area (Å²) in [7, 11) is 1.90. The number of rotatable bonds is 3. The smallest absolute Gasteiger partial charge is 0.0900 e. The number of aliphatic hydroxyl groups excluding tert-OH is 1. The van der Waals surface area contributed by atoms with Crippen molar-refractivity contribution in [1.82, 2.24) is 5.32 Å². The fourth-order valence-corrected chi connectivity index (χ4v) is 1.96. The van der Waals surface area contributed by atoms with E-state index in [1.807, 2.05) is 14.0 Å². The first kappa shape index (κ1) is 11.7. The minimum atomic E-state index is -0.293. The van der Waals surface area contributed by atoms with Gasteiger partial charge in [-0.1, -0.05) is 18.9 Å². The summed E-state index contributed by atoms with van der Waals surface area (Å²) in [5.74, 6) is 0. The van der Waals surface area contributed by atoms with E-state index in [1.165, 1.54) is 31.3 Å². The Morgan fingerprint density at radius 1 is 1.29 bits per heavy atom. The molecule has 2 nitrogen and oxygen atoms in total. The zero-order chi connectivity index (χ0) is 10.4. The minimum absolute atomic E-state index is 0.167. The van der Waals surface area contributed by atoms with Gasteiger partial charge in [0.05, 0.1) is 6.10 Å². The summed E-state index contributed by atoms with van der Waals surface area (Å²) in [6, 6.07) is 0.167. The van der Waals surface area contributed by atoms with Gasteiger partial charge in [-0.15, -0.1) is 0 Å². The van der Waals surface area contributed by atoms with Crippen LogP contribution in [0.25, 0.3) is 0 Å². The maximum Gasteiger partial charge on any atom is 0.0900 e. The van der Waals surface area contributed by atoms with Crippen molar-refractivity contribution in [3.8, 4) is 0 Å². The van der Waals surface area contributed by atoms with E-state index in [2.05, 4.69) is 11.4 Å². The molecule has 82 valence electrons.